The minimum Gasteiger partial charge on any atom is -0.441 e. The highest BCUT2D eigenvalue weighted by molar-refractivity contribution is 6.09. The predicted molar refractivity (Wildman–Crippen MR) is 154 cm³/mol. The van der Waals surface area contributed by atoms with Gasteiger partial charge in [-0.3, -0.25) is 24.3 Å². The number of piperazine rings is 1. The first kappa shape index (κ1) is 27.0. The van der Waals surface area contributed by atoms with Crippen molar-refractivity contribution in [2.24, 2.45) is 0 Å². The molecule has 0 atom stereocenters. The summed E-state index contributed by atoms with van der Waals surface area (Å²) >= 11 is 0. The molecule has 11 heteroatoms. The van der Waals surface area contributed by atoms with E-state index in [2.05, 4.69) is 17.9 Å². The molecule has 11 nitrogen and oxygen atoms in total. The standard InChI is InChI=1S/C30H36N6O5/c1-19-15-22(21-5-6-21)17-31-26(19)32-9-11-33(12-10-32)27(38)24-8-7-23(36-18-30(3,4)41-29(36)40)16-25(24)35-14-13-34(20(2)37)28(35)39/h7-8,15-17,21H,5-6,9-14,18H2,1-4H3. The van der Waals surface area contributed by atoms with Gasteiger partial charge in [0, 0.05) is 58.1 Å². The minimum atomic E-state index is -0.661. The van der Waals surface area contributed by atoms with Crippen molar-refractivity contribution in [3.8, 4) is 0 Å². The van der Waals surface area contributed by atoms with Gasteiger partial charge < -0.3 is 14.5 Å². The lowest BCUT2D eigenvalue weighted by molar-refractivity contribution is -0.125. The monoisotopic (exact) mass is 560 g/mol. The van der Waals surface area contributed by atoms with Crippen LogP contribution in [0, 0.1) is 6.92 Å². The number of urea groups is 1. The summed E-state index contributed by atoms with van der Waals surface area (Å²) in [4.78, 5) is 64.6. The van der Waals surface area contributed by atoms with E-state index in [1.54, 1.807) is 23.1 Å². The van der Waals surface area contributed by atoms with Crippen LogP contribution in [0.5, 0.6) is 0 Å². The number of hydrogen-bond acceptors (Lipinski definition) is 7. The SMILES string of the molecule is CC(=O)N1CCN(c2cc(N3CC(C)(C)OC3=O)ccc2C(=O)N2CCN(c3ncc(C4CC4)cc3C)CC2)C1=O. The average Bonchev–Trinajstić information content (AvgIpc) is 3.65. The van der Waals surface area contributed by atoms with Gasteiger partial charge in [-0.15, -0.1) is 0 Å². The van der Waals surface area contributed by atoms with Crippen molar-refractivity contribution < 1.29 is 23.9 Å². The zero-order chi connectivity index (χ0) is 29.1. The number of pyridine rings is 1. The van der Waals surface area contributed by atoms with Crippen LogP contribution in [0.15, 0.2) is 30.5 Å². The van der Waals surface area contributed by atoms with Crippen molar-refractivity contribution in [3.63, 3.8) is 0 Å². The molecular weight excluding hydrogens is 524 g/mol. The van der Waals surface area contributed by atoms with Crippen molar-refractivity contribution >= 4 is 41.1 Å². The molecule has 4 fully saturated rings. The first-order chi connectivity index (χ1) is 19.5. The summed E-state index contributed by atoms with van der Waals surface area (Å²) in [5, 5.41) is 0. The summed E-state index contributed by atoms with van der Waals surface area (Å²) < 4.78 is 5.47. The van der Waals surface area contributed by atoms with Crippen molar-refractivity contribution in [2.75, 3.05) is 60.5 Å². The molecule has 3 saturated heterocycles. The maximum absolute atomic E-state index is 13.9. The molecule has 0 radical (unpaired) electrons. The van der Waals surface area contributed by atoms with E-state index in [9.17, 15) is 19.2 Å². The van der Waals surface area contributed by atoms with Crippen molar-refractivity contribution in [1.82, 2.24) is 14.8 Å². The number of hydrogen-bond donors (Lipinski definition) is 0. The van der Waals surface area contributed by atoms with E-state index in [4.69, 9.17) is 9.72 Å². The normalized spacial score (nSPS) is 20.6. The lowest BCUT2D eigenvalue weighted by Crippen LogP contribution is -2.49. The van der Waals surface area contributed by atoms with E-state index in [0.29, 0.717) is 55.6 Å². The quantitative estimate of drug-likeness (QED) is 0.548. The Balaban J connectivity index is 1.24. The molecule has 4 aliphatic rings. The third-order valence-corrected chi connectivity index (χ3v) is 8.31. The van der Waals surface area contributed by atoms with E-state index >= 15 is 0 Å². The molecule has 0 bridgehead atoms. The van der Waals surface area contributed by atoms with Gasteiger partial charge in [0.05, 0.1) is 17.8 Å². The second kappa shape index (κ2) is 10.0. The number of rotatable bonds is 5. The van der Waals surface area contributed by atoms with Gasteiger partial charge in [0.1, 0.15) is 11.4 Å². The molecule has 0 N–H and O–H groups in total. The van der Waals surface area contributed by atoms with Gasteiger partial charge in [-0.2, -0.15) is 0 Å². The van der Waals surface area contributed by atoms with E-state index in [-0.39, 0.29) is 24.9 Å². The summed E-state index contributed by atoms with van der Waals surface area (Å²) in [6.07, 6.45) is 3.98. The Kier molecular flexibility index (Phi) is 6.62. The van der Waals surface area contributed by atoms with Gasteiger partial charge in [-0.05, 0) is 68.9 Å². The molecule has 0 spiro atoms. The van der Waals surface area contributed by atoms with E-state index in [0.717, 1.165) is 16.3 Å². The molecule has 6 rings (SSSR count). The van der Waals surface area contributed by atoms with E-state index in [1.165, 1.54) is 35.1 Å². The Morgan fingerprint density at radius 3 is 2.29 bits per heavy atom. The summed E-state index contributed by atoms with van der Waals surface area (Å²) in [7, 11) is 0. The summed E-state index contributed by atoms with van der Waals surface area (Å²) in [5.41, 5.74) is 3.07. The number of benzene rings is 1. The highest BCUT2D eigenvalue weighted by Gasteiger charge is 2.40. The van der Waals surface area contributed by atoms with Gasteiger partial charge in [0.2, 0.25) is 5.91 Å². The Bertz CT molecular complexity index is 1430. The van der Waals surface area contributed by atoms with Crippen molar-refractivity contribution in [1.29, 1.82) is 0 Å². The molecule has 0 unspecified atom stereocenters. The molecule has 216 valence electrons. The topological polar surface area (TPSA) is 107 Å². The lowest BCUT2D eigenvalue weighted by Gasteiger charge is -2.36. The Labute approximate surface area is 239 Å². The molecular formula is C30H36N6O5. The summed E-state index contributed by atoms with van der Waals surface area (Å²) in [6, 6.07) is 6.83. The number of anilines is 3. The van der Waals surface area contributed by atoms with Gasteiger partial charge in [-0.25, -0.2) is 14.6 Å². The number of carbonyl (C=O) groups is 4. The Hall–Kier alpha value is -4.15. The number of ether oxygens (including phenoxy) is 1. The van der Waals surface area contributed by atoms with Crippen LogP contribution in [-0.2, 0) is 9.53 Å². The van der Waals surface area contributed by atoms with Crippen molar-refractivity contribution in [3.05, 3.63) is 47.2 Å². The van der Waals surface area contributed by atoms with Gasteiger partial charge in [0.15, 0.2) is 0 Å². The molecule has 5 amide bonds. The first-order valence-electron chi connectivity index (χ1n) is 14.3. The van der Waals surface area contributed by atoms with Crippen LogP contribution in [0.25, 0.3) is 0 Å². The molecule has 1 saturated carbocycles. The maximum Gasteiger partial charge on any atom is 0.415 e. The smallest absolute Gasteiger partial charge is 0.415 e. The summed E-state index contributed by atoms with van der Waals surface area (Å²) in [5.74, 6) is 1.06. The number of amides is 5. The second-order valence-electron chi connectivity index (χ2n) is 12.0. The molecule has 1 aromatic heterocycles. The fraction of sp³-hybridized carbons (Fsp3) is 0.500. The highest BCUT2D eigenvalue weighted by Crippen LogP contribution is 2.41. The average molecular weight is 561 g/mol. The molecule has 3 aliphatic heterocycles. The fourth-order valence-electron chi connectivity index (χ4n) is 5.96. The third-order valence-electron chi connectivity index (χ3n) is 8.31. The maximum atomic E-state index is 13.9. The number of cyclic esters (lactones) is 1. The van der Waals surface area contributed by atoms with Crippen molar-refractivity contribution in [2.45, 2.75) is 52.1 Å². The van der Waals surface area contributed by atoms with Crippen LogP contribution < -0.4 is 14.7 Å². The largest absolute Gasteiger partial charge is 0.441 e. The van der Waals surface area contributed by atoms with E-state index in [1.807, 2.05) is 20.0 Å². The Morgan fingerprint density at radius 1 is 0.976 bits per heavy atom. The zero-order valence-corrected chi connectivity index (χ0v) is 24.1. The van der Waals surface area contributed by atoms with Crippen LogP contribution in [0.3, 0.4) is 0 Å². The molecule has 1 aromatic carbocycles. The van der Waals surface area contributed by atoms with Gasteiger partial charge in [0.25, 0.3) is 5.91 Å². The lowest BCUT2D eigenvalue weighted by atomic mass is 10.1. The number of carbonyl (C=O) groups excluding carboxylic acids is 4. The molecule has 1 aliphatic carbocycles. The number of imide groups is 1. The number of aryl methyl sites for hydroxylation is 1. The molecule has 4 heterocycles. The molecule has 41 heavy (non-hydrogen) atoms. The van der Waals surface area contributed by atoms with Crippen LogP contribution in [0.1, 0.15) is 61.0 Å². The van der Waals surface area contributed by atoms with E-state index < -0.39 is 17.7 Å². The van der Waals surface area contributed by atoms with Crippen LogP contribution in [-0.4, -0.2) is 90.1 Å². The number of nitrogens with zero attached hydrogens (tertiary/aromatic N) is 6. The van der Waals surface area contributed by atoms with Crippen LogP contribution >= 0.6 is 0 Å². The molecule has 2 aromatic rings. The highest BCUT2D eigenvalue weighted by atomic mass is 16.6. The van der Waals surface area contributed by atoms with Gasteiger partial charge in [-0.1, -0.05) is 6.07 Å². The predicted octanol–water partition coefficient (Wildman–Crippen LogP) is 3.75. The van der Waals surface area contributed by atoms with Crippen LogP contribution in [0.2, 0.25) is 0 Å². The Morgan fingerprint density at radius 2 is 1.71 bits per heavy atom. The second-order valence-corrected chi connectivity index (χ2v) is 12.0. The van der Waals surface area contributed by atoms with Gasteiger partial charge >= 0.3 is 12.1 Å². The zero-order valence-electron chi connectivity index (χ0n) is 24.1. The summed E-state index contributed by atoms with van der Waals surface area (Å²) in [6.45, 7) is 10.2. The number of aromatic nitrogens is 1. The third kappa shape index (κ3) is 5.09. The first-order valence-corrected chi connectivity index (χ1v) is 14.3. The fourth-order valence-corrected chi connectivity index (χ4v) is 5.96. The minimum absolute atomic E-state index is 0.196. The van der Waals surface area contributed by atoms with Crippen LogP contribution in [0.4, 0.5) is 26.8 Å².